The Kier molecular flexibility index (Phi) is 10.1. The van der Waals surface area contributed by atoms with Crippen LogP contribution in [0.3, 0.4) is 0 Å². The summed E-state index contributed by atoms with van der Waals surface area (Å²) < 4.78 is 5.73. The van der Waals surface area contributed by atoms with E-state index in [1.807, 2.05) is 24.3 Å². The predicted molar refractivity (Wildman–Crippen MR) is 139 cm³/mol. The van der Waals surface area contributed by atoms with Crippen LogP contribution >= 0.6 is 22.0 Å². The first-order valence-electron chi connectivity index (χ1n) is 10.3. The van der Waals surface area contributed by atoms with Crippen molar-refractivity contribution in [1.29, 1.82) is 0 Å². The molecule has 0 aromatic heterocycles. The summed E-state index contributed by atoms with van der Waals surface area (Å²) in [6.45, 7) is 3.81. The van der Waals surface area contributed by atoms with Gasteiger partial charge in [0.1, 0.15) is 0 Å². The number of anilines is 1. The fourth-order valence-corrected chi connectivity index (χ4v) is 4.62. The van der Waals surface area contributed by atoms with Crippen LogP contribution in [0.1, 0.15) is 16.7 Å². The summed E-state index contributed by atoms with van der Waals surface area (Å²) in [5.74, 6) is 0. The molecule has 0 saturated carbocycles. The molecule has 0 aliphatic heterocycles. The lowest BCUT2D eigenvalue weighted by molar-refractivity contribution is 0.983. The summed E-state index contributed by atoms with van der Waals surface area (Å²) in [7, 11) is 3.39. The Balaban J connectivity index is 0.000000330. The number of benzene rings is 4. The molecule has 4 aromatic carbocycles. The van der Waals surface area contributed by atoms with Gasteiger partial charge in [-0.25, -0.2) is 4.72 Å². The topological polar surface area (TPSA) is 15.3 Å². The Morgan fingerprint density at radius 2 is 1.10 bits per heavy atom. The molecule has 2 nitrogen and oxygen atoms in total. The molecule has 4 aromatic rings. The molecule has 0 saturated heterocycles. The van der Waals surface area contributed by atoms with Crippen molar-refractivity contribution in [2.45, 2.75) is 20.0 Å². The van der Waals surface area contributed by atoms with Crippen LogP contribution in [0.25, 0.3) is 0 Å². The van der Waals surface area contributed by atoms with Crippen LogP contribution in [0.4, 0.5) is 5.69 Å². The van der Waals surface area contributed by atoms with Gasteiger partial charge in [0.2, 0.25) is 0 Å². The maximum absolute atomic E-state index is 3.43. The highest BCUT2D eigenvalue weighted by Crippen LogP contribution is 2.31. The Hall–Kier alpha value is -2.66. The molecule has 0 spiro atoms. The lowest BCUT2D eigenvalue weighted by Gasteiger charge is -2.22. The number of rotatable bonds is 8. The van der Waals surface area contributed by atoms with Crippen molar-refractivity contribution < 1.29 is 0 Å². The smallest absolute Gasteiger partial charge is 0.0554 e. The van der Waals surface area contributed by atoms with Crippen LogP contribution in [-0.4, -0.2) is 0 Å². The van der Waals surface area contributed by atoms with Gasteiger partial charge in [-0.05, 0) is 30.2 Å². The fourth-order valence-electron chi connectivity index (χ4n) is 2.82. The molecule has 0 heterocycles. The van der Waals surface area contributed by atoms with Gasteiger partial charge in [0, 0.05) is 34.2 Å². The van der Waals surface area contributed by atoms with Crippen molar-refractivity contribution in [2.24, 2.45) is 0 Å². The second-order valence-corrected chi connectivity index (χ2v) is 8.97. The first kappa shape index (κ1) is 23.0. The Morgan fingerprint density at radius 1 is 0.613 bits per heavy atom. The van der Waals surface area contributed by atoms with E-state index in [-0.39, 0.29) is 0 Å². The second kappa shape index (κ2) is 13.6. The highest BCUT2D eigenvalue weighted by molar-refractivity contribution is 8.76. The fraction of sp³-hybridized carbons (Fsp3) is 0.111. The average molecular weight is 445 g/mol. The Morgan fingerprint density at radius 3 is 1.61 bits per heavy atom. The van der Waals surface area contributed by atoms with E-state index < -0.39 is 0 Å². The van der Waals surface area contributed by atoms with Gasteiger partial charge in [0.05, 0.1) is 6.54 Å². The van der Waals surface area contributed by atoms with Gasteiger partial charge in [-0.15, -0.1) is 0 Å². The van der Waals surface area contributed by atoms with Gasteiger partial charge in [-0.2, -0.15) is 0 Å². The summed E-state index contributed by atoms with van der Waals surface area (Å²) in [6.07, 6.45) is 0. The molecule has 0 radical (unpaired) electrons. The maximum atomic E-state index is 3.43. The SMILES string of the molecule is Cc1ccccc1.c1ccc(CNSSN(Cc2ccccc2)c2ccccc2)cc1. The largest absolute Gasteiger partial charge is 0.302 e. The van der Waals surface area contributed by atoms with Crippen LogP contribution in [0, 0.1) is 6.92 Å². The van der Waals surface area contributed by atoms with E-state index in [2.05, 4.69) is 113 Å². The minimum absolute atomic E-state index is 0.854. The second-order valence-electron chi connectivity index (χ2n) is 6.98. The summed E-state index contributed by atoms with van der Waals surface area (Å²) in [6, 6.07) is 41.8. The van der Waals surface area contributed by atoms with Crippen molar-refractivity contribution >= 4 is 27.6 Å². The van der Waals surface area contributed by atoms with Crippen molar-refractivity contribution in [3.63, 3.8) is 0 Å². The monoisotopic (exact) mass is 444 g/mol. The summed E-state index contributed by atoms with van der Waals surface area (Å²) >= 11 is 0. The van der Waals surface area contributed by atoms with E-state index >= 15 is 0 Å². The summed E-state index contributed by atoms with van der Waals surface area (Å²) in [5.41, 5.74) is 5.13. The molecule has 1 N–H and O–H groups in total. The minimum Gasteiger partial charge on any atom is -0.302 e. The molecular formula is C27H28N2S2. The van der Waals surface area contributed by atoms with Crippen LogP contribution in [-0.2, 0) is 13.1 Å². The molecule has 31 heavy (non-hydrogen) atoms. The van der Waals surface area contributed by atoms with Crippen molar-refractivity contribution in [3.05, 3.63) is 138 Å². The van der Waals surface area contributed by atoms with Gasteiger partial charge in [0.25, 0.3) is 0 Å². The molecule has 0 fully saturated rings. The normalized spacial score (nSPS) is 10.1. The first-order chi connectivity index (χ1) is 15.3. The van der Waals surface area contributed by atoms with Crippen LogP contribution in [0.15, 0.2) is 121 Å². The van der Waals surface area contributed by atoms with E-state index in [0.29, 0.717) is 0 Å². The lowest BCUT2D eigenvalue weighted by Crippen LogP contribution is -2.14. The average Bonchev–Trinajstić information content (AvgIpc) is 2.84. The quantitative estimate of drug-likeness (QED) is 0.170. The number of nitrogens with one attached hydrogen (secondary N) is 1. The zero-order valence-electron chi connectivity index (χ0n) is 17.7. The molecular weight excluding hydrogens is 416 g/mol. The van der Waals surface area contributed by atoms with Gasteiger partial charge in [0.15, 0.2) is 0 Å². The number of nitrogens with zero attached hydrogens (tertiary/aromatic N) is 1. The Labute approximate surface area is 194 Å². The predicted octanol–water partition coefficient (Wildman–Crippen LogP) is 7.69. The summed E-state index contributed by atoms with van der Waals surface area (Å²) in [5, 5.41) is 0. The number of hydrogen-bond acceptors (Lipinski definition) is 4. The molecule has 4 heteroatoms. The van der Waals surface area contributed by atoms with Crippen molar-refractivity contribution in [1.82, 2.24) is 4.72 Å². The molecule has 0 unspecified atom stereocenters. The Bertz CT molecular complexity index is 965. The van der Waals surface area contributed by atoms with E-state index in [0.717, 1.165) is 13.1 Å². The zero-order valence-corrected chi connectivity index (χ0v) is 19.4. The van der Waals surface area contributed by atoms with Crippen LogP contribution in [0.2, 0.25) is 0 Å². The van der Waals surface area contributed by atoms with Crippen molar-refractivity contribution in [3.8, 4) is 0 Å². The third-order valence-corrected chi connectivity index (χ3v) is 6.43. The third-order valence-electron chi connectivity index (χ3n) is 4.46. The molecule has 0 aliphatic rings. The highest BCUT2D eigenvalue weighted by atomic mass is 33.1. The standard InChI is InChI=1S/C20H20N2S2.C7H8/c1-4-10-18(11-5-1)16-21-23-24-22(20-14-8-3-9-15-20)17-19-12-6-2-7-13-19;1-7-5-3-2-4-6-7/h1-15,21H,16-17H2;2-6H,1H3. The number of para-hydroxylation sites is 1. The van der Waals surface area contributed by atoms with Gasteiger partial charge in [-0.3, -0.25) is 0 Å². The molecule has 0 atom stereocenters. The van der Waals surface area contributed by atoms with Crippen molar-refractivity contribution in [2.75, 3.05) is 4.31 Å². The molecule has 158 valence electrons. The van der Waals surface area contributed by atoms with E-state index in [1.54, 1.807) is 22.0 Å². The van der Waals surface area contributed by atoms with Gasteiger partial charge < -0.3 is 4.31 Å². The third kappa shape index (κ3) is 8.93. The molecule has 0 aliphatic carbocycles. The number of aryl methyl sites for hydroxylation is 1. The minimum atomic E-state index is 0.854. The maximum Gasteiger partial charge on any atom is 0.0554 e. The molecule has 0 bridgehead atoms. The molecule has 0 amide bonds. The van der Waals surface area contributed by atoms with E-state index in [9.17, 15) is 0 Å². The lowest BCUT2D eigenvalue weighted by atomic mass is 10.2. The van der Waals surface area contributed by atoms with Crippen LogP contribution < -0.4 is 9.03 Å². The highest BCUT2D eigenvalue weighted by Gasteiger charge is 2.08. The van der Waals surface area contributed by atoms with E-state index in [4.69, 9.17) is 0 Å². The van der Waals surface area contributed by atoms with Gasteiger partial charge in [-0.1, -0.05) is 115 Å². The molecule has 4 rings (SSSR count). The van der Waals surface area contributed by atoms with E-state index in [1.165, 1.54) is 22.4 Å². The van der Waals surface area contributed by atoms with Gasteiger partial charge >= 0.3 is 0 Å². The number of hydrogen-bond donors (Lipinski definition) is 1. The first-order valence-corrected chi connectivity index (χ1v) is 12.4. The zero-order chi connectivity index (χ0) is 21.6. The summed E-state index contributed by atoms with van der Waals surface area (Å²) in [4.78, 5) is 0. The van der Waals surface area contributed by atoms with Crippen LogP contribution in [0.5, 0.6) is 0 Å².